The summed E-state index contributed by atoms with van der Waals surface area (Å²) >= 11 is 0. The van der Waals surface area contributed by atoms with Crippen molar-refractivity contribution in [3.8, 4) is 0 Å². The maximum Gasteiger partial charge on any atom is 0.0518 e. The van der Waals surface area contributed by atoms with E-state index >= 15 is 0 Å². The molecule has 200 valence electrons. The van der Waals surface area contributed by atoms with Gasteiger partial charge in [-0.15, -0.1) is 0 Å². The quantitative estimate of drug-likeness (QED) is 0.315. The number of nitrogens with one attached hydrogen (secondary N) is 1. The summed E-state index contributed by atoms with van der Waals surface area (Å²) in [5, 5.41) is 3.34. The van der Waals surface area contributed by atoms with Crippen molar-refractivity contribution in [2.75, 3.05) is 19.8 Å². The normalized spacial score (nSPS) is 11.2. The van der Waals surface area contributed by atoms with Crippen LogP contribution in [0.3, 0.4) is 0 Å². The maximum absolute atomic E-state index is 5.30. The van der Waals surface area contributed by atoms with E-state index in [9.17, 15) is 0 Å². The standard InChI is InChI=1S/C8H18.C7H17N.2C7H16O/c1-7(2)5-6-8(3)4;3*1-6(2)5-8-7(3)4/h7-8H,5-6H2,1-4H3;6-8H,5H2,1-4H3;2*6-7H,5H2,1-4H3. The highest BCUT2D eigenvalue weighted by Gasteiger charge is 1.97. The van der Waals surface area contributed by atoms with Crippen LogP contribution < -0.4 is 5.32 Å². The van der Waals surface area contributed by atoms with Crippen LogP contribution in [0.25, 0.3) is 0 Å². The molecule has 0 aliphatic rings. The highest BCUT2D eigenvalue weighted by atomic mass is 16.5. The first kappa shape index (κ1) is 39.1. The highest BCUT2D eigenvalue weighted by molar-refractivity contribution is 4.54. The van der Waals surface area contributed by atoms with E-state index in [4.69, 9.17) is 9.47 Å². The minimum atomic E-state index is 0.386. The van der Waals surface area contributed by atoms with E-state index in [2.05, 4.69) is 116 Å². The average molecular weight is 462 g/mol. The number of hydrogen-bond donors (Lipinski definition) is 1. The smallest absolute Gasteiger partial charge is 0.0518 e. The highest BCUT2D eigenvalue weighted by Crippen LogP contribution is 2.09. The first-order valence-corrected chi connectivity index (χ1v) is 13.5. The lowest BCUT2D eigenvalue weighted by atomic mass is 10.0. The van der Waals surface area contributed by atoms with Crippen molar-refractivity contribution in [3.05, 3.63) is 0 Å². The maximum atomic E-state index is 5.30. The molecule has 32 heavy (non-hydrogen) atoms. The van der Waals surface area contributed by atoms with E-state index < -0.39 is 0 Å². The second-order valence-corrected chi connectivity index (χ2v) is 11.9. The van der Waals surface area contributed by atoms with Gasteiger partial charge in [-0.2, -0.15) is 0 Å². The van der Waals surface area contributed by atoms with Gasteiger partial charge in [0.1, 0.15) is 0 Å². The van der Waals surface area contributed by atoms with Gasteiger partial charge in [-0.1, -0.05) is 95.9 Å². The fourth-order valence-corrected chi connectivity index (χ4v) is 1.91. The van der Waals surface area contributed by atoms with E-state index in [1.54, 1.807) is 0 Å². The third-order valence-electron chi connectivity index (χ3n) is 3.78. The van der Waals surface area contributed by atoms with Crippen LogP contribution in [-0.4, -0.2) is 38.0 Å². The number of ether oxygens (including phenoxy) is 2. The molecule has 0 heterocycles. The lowest BCUT2D eigenvalue weighted by molar-refractivity contribution is 0.0591. The summed E-state index contributed by atoms with van der Waals surface area (Å²) in [6, 6.07) is 0.636. The summed E-state index contributed by atoms with van der Waals surface area (Å²) in [4.78, 5) is 0. The Labute approximate surface area is 206 Å². The number of hydrogen-bond acceptors (Lipinski definition) is 3. The topological polar surface area (TPSA) is 30.5 Å². The largest absolute Gasteiger partial charge is 0.379 e. The summed E-state index contributed by atoms with van der Waals surface area (Å²) in [6.45, 7) is 37.7. The molecule has 0 aromatic heterocycles. The van der Waals surface area contributed by atoms with Gasteiger partial charge in [-0.3, -0.25) is 0 Å². The zero-order valence-electron chi connectivity index (χ0n) is 25.5. The molecule has 0 aromatic carbocycles. The van der Waals surface area contributed by atoms with Gasteiger partial charge in [-0.05, 0) is 63.8 Å². The van der Waals surface area contributed by atoms with Crippen molar-refractivity contribution >= 4 is 0 Å². The Morgan fingerprint density at radius 2 is 0.750 bits per heavy atom. The lowest BCUT2D eigenvalue weighted by Gasteiger charge is -2.09. The van der Waals surface area contributed by atoms with Crippen LogP contribution in [0.15, 0.2) is 0 Å². The third kappa shape index (κ3) is 63.1. The Balaban J connectivity index is -0.000000163. The molecule has 0 fully saturated rings. The molecule has 0 aliphatic carbocycles. The zero-order chi connectivity index (χ0) is 26.3. The Bertz CT molecular complexity index is 225. The lowest BCUT2D eigenvalue weighted by Crippen LogP contribution is -2.26. The molecule has 0 amide bonds. The van der Waals surface area contributed by atoms with Crippen LogP contribution in [-0.2, 0) is 9.47 Å². The zero-order valence-corrected chi connectivity index (χ0v) is 25.5. The van der Waals surface area contributed by atoms with E-state index in [1.165, 1.54) is 12.8 Å². The first-order chi connectivity index (χ1) is 14.5. The van der Waals surface area contributed by atoms with Gasteiger partial charge >= 0.3 is 0 Å². The fraction of sp³-hybridized carbons (Fsp3) is 1.00. The molecule has 0 radical (unpaired) electrons. The second-order valence-electron chi connectivity index (χ2n) is 11.9. The van der Waals surface area contributed by atoms with Crippen molar-refractivity contribution in [1.82, 2.24) is 5.32 Å². The van der Waals surface area contributed by atoms with Crippen LogP contribution in [0.5, 0.6) is 0 Å². The van der Waals surface area contributed by atoms with Crippen molar-refractivity contribution in [2.24, 2.45) is 29.6 Å². The van der Waals surface area contributed by atoms with Gasteiger partial charge in [0.2, 0.25) is 0 Å². The van der Waals surface area contributed by atoms with Crippen molar-refractivity contribution in [3.63, 3.8) is 0 Å². The Kier molecular flexibility index (Phi) is 33.2. The first-order valence-electron chi connectivity index (χ1n) is 13.5. The molecular weight excluding hydrogens is 394 g/mol. The Hall–Kier alpha value is -0.120. The molecule has 0 aliphatic heterocycles. The van der Waals surface area contributed by atoms with Crippen LogP contribution >= 0.6 is 0 Å². The van der Waals surface area contributed by atoms with Gasteiger partial charge in [0.15, 0.2) is 0 Å². The molecule has 0 saturated heterocycles. The van der Waals surface area contributed by atoms with E-state index in [-0.39, 0.29) is 0 Å². The molecule has 0 spiro atoms. The minimum absolute atomic E-state index is 0.386. The third-order valence-corrected chi connectivity index (χ3v) is 3.78. The molecule has 0 unspecified atom stereocenters. The van der Waals surface area contributed by atoms with Crippen molar-refractivity contribution in [2.45, 2.75) is 142 Å². The fourth-order valence-electron chi connectivity index (χ4n) is 1.91. The Morgan fingerprint density at radius 3 is 0.844 bits per heavy atom. The number of rotatable bonds is 12. The molecule has 0 bridgehead atoms. The van der Waals surface area contributed by atoms with Gasteiger partial charge in [0, 0.05) is 19.3 Å². The van der Waals surface area contributed by atoms with E-state index in [1.807, 2.05) is 0 Å². The summed E-state index contributed by atoms with van der Waals surface area (Å²) in [7, 11) is 0. The van der Waals surface area contributed by atoms with Crippen molar-refractivity contribution in [1.29, 1.82) is 0 Å². The molecule has 0 saturated carbocycles. The molecule has 3 nitrogen and oxygen atoms in total. The molecule has 1 N–H and O–H groups in total. The SMILES string of the molecule is CC(C)CCC(C)C.CC(C)CNC(C)C.CC(C)COC(C)C.CC(C)COC(C)C. The van der Waals surface area contributed by atoms with E-state index in [0.29, 0.717) is 30.1 Å². The predicted molar refractivity (Wildman–Crippen MR) is 149 cm³/mol. The van der Waals surface area contributed by atoms with Crippen LogP contribution in [0.2, 0.25) is 0 Å². The minimum Gasteiger partial charge on any atom is -0.379 e. The summed E-state index contributed by atoms with van der Waals surface area (Å²) in [5.74, 6) is 3.88. The molecule has 3 heteroatoms. The monoisotopic (exact) mass is 462 g/mol. The van der Waals surface area contributed by atoms with Crippen molar-refractivity contribution < 1.29 is 9.47 Å². The average Bonchev–Trinajstić information content (AvgIpc) is 2.63. The van der Waals surface area contributed by atoms with E-state index in [0.717, 1.165) is 37.5 Å². The summed E-state index contributed by atoms with van der Waals surface area (Å²) in [5.41, 5.74) is 0. The summed E-state index contributed by atoms with van der Waals surface area (Å²) in [6.07, 6.45) is 3.55. The second kappa shape index (κ2) is 27.1. The van der Waals surface area contributed by atoms with Crippen LogP contribution in [0.1, 0.15) is 124 Å². The molecule has 0 aromatic rings. The van der Waals surface area contributed by atoms with Gasteiger partial charge in [-0.25, -0.2) is 0 Å². The van der Waals surface area contributed by atoms with Crippen LogP contribution in [0.4, 0.5) is 0 Å². The van der Waals surface area contributed by atoms with Crippen LogP contribution in [0, 0.1) is 29.6 Å². The van der Waals surface area contributed by atoms with Gasteiger partial charge < -0.3 is 14.8 Å². The van der Waals surface area contributed by atoms with Gasteiger partial charge in [0.05, 0.1) is 12.2 Å². The molecule has 0 rings (SSSR count). The predicted octanol–water partition coefficient (Wildman–Crippen LogP) is 8.85. The molecule has 0 atom stereocenters. The van der Waals surface area contributed by atoms with Gasteiger partial charge in [0.25, 0.3) is 0 Å². The Morgan fingerprint density at radius 1 is 0.438 bits per heavy atom. The molecular formula is C29H67NO2. The summed E-state index contributed by atoms with van der Waals surface area (Å²) < 4.78 is 10.6.